The molecule has 2 aromatic carbocycles. The highest BCUT2D eigenvalue weighted by atomic mass is 19.1. The van der Waals surface area contributed by atoms with Crippen LogP contribution < -0.4 is 4.74 Å². The molecule has 0 atom stereocenters. The fraction of sp³-hybridized carbons (Fsp3) is 0.261. The minimum Gasteiger partial charge on any atom is -0.475 e. The van der Waals surface area contributed by atoms with Crippen LogP contribution in [-0.2, 0) is 13.0 Å². The lowest BCUT2D eigenvalue weighted by Crippen LogP contribution is -2.13. The van der Waals surface area contributed by atoms with Crippen LogP contribution in [0.15, 0.2) is 48.7 Å². The summed E-state index contributed by atoms with van der Waals surface area (Å²) < 4.78 is 45.9. The summed E-state index contributed by atoms with van der Waals surface area (Å²) in [6, 6.07) is 9.84. The second-order valence-corrected chi connectivity index (χ2v) is 7.45. The van der Waals surface area contributed by atoms with Crippen molar-refractivity contribution in [3.8, 4) is 17.0 Å². The first-order valence-electron chi connectivity index (χ1n) is 9.83. The average Bonchev–Trinajstić information content (AvgIpc) is 2.74. The molecule has 168 valence electrons. The molecule has 0 amide bonds. The van der Waals surface area contributed by atoms with Crippen LogP contribution in [0, 0.1) is 21.7 Å². The van der Waals surface area contributed by atoms with Gasteiger partial charge in [-0.3, -0.25) is 10.1 Å². The lowest BCUT2D eigenvalue weighted by Gasteiger charge is -2.15. The molecule has 1 aromatic heterocycles. The molecule has 0 aliphatic rings. The molecule has 6 nitrogen and oxygen atoms in total. The number of pyridine rings is 1. The molecule has 3 aromatic rings. The maximum absolute atomic E-state index is 14.2. The first-order chi connectivity index (χ1) is 15.3. The van der Waals surface area contributed by atoms with Crippen molar-refractivity contribution in [2.24, 2.45) is 0 Å². The van der Waals surface area contributed by atoms with Crippen LogP contribution in [0.1, 0.15) is 16.7 Å². The summed E-state index contributed by atoms with van der Waals surface area (Å²) in [6.45, 7) is -0.567. The molecule has 1 heterocycles. The zero-order chi connectivity index (χ0) is 23.3. The molecule has 0 fully saturated rings. The van der Waals surface area contributed by atoms with E-state index < -0.39 is 23.2 Å². The minimum absolute atomic E-state index is 0.0744. The van der Waals surface area contributed by atoms with Crippen LogP contribution in [0.2, 0.25) is 0 Å². The summed E-state index contributed by atoms with van der Waals surface area (Å²) in [5.41, 5.74) is 1.39. The first kappa shape index (κ1) is 23.2. The molecule has 0 bridgehead atoms. The van der Waals surface area contributed by atoms with Crippen molar-refractivity contribution in [3.63, 3.8) is 0 Å². The zero-order valence-corrected chi connectivity index (χ0v) is 17.6. The lowest BCUT2D eigenvalue weighted by atomic mass is 9.94. The van der Waals surface area contributed by atoms with E-state index in [0.29, 0.717) is 16.7 Å². The number of nitro groups is 1. The van der Waals surface area contributed by atoms with Crippen LogP contribution in [-0.4, -0.2) is 42.2 Å². The summed E-state index contributed by atoms with van der Waals surface area (Å²) >= 11 is 0. The third kappa shape index (κ3) is 5.42. The van der Waals surface area contributed by atoms with Crippen molar-refractivity contribution in [2.75, 3.05) is 27.4 Å². The standard InChI is InChI=1S/C23H22F3N3O3/c1-28(2)14-17-10-15(12-19-20(25)4-3-5-21(19)26)11-18(23(17)29(30)31)16-6-7-22(27-13-16)32-9-8-24/h3-7,10-11,13H,8-9,12,14H2,1-2H3. The lowest BCUT2D eigenvalue weighted by molar-refractivity contribution is -0.385. The minimum atomic E-state index is -0.685. The van der Waals surface area contributed by atoms with E-state index >= 15 is 0 Å². The number of alkyl halides is 1. The van der Waals surface area contributed by atoms with E-state index in [0.717, 1.165) is 0 Å². The van der Waals surface area contributed by atoms with E-state index in [-0.39, 0.29) is 42.3 Å². The van der Waals surface area contributed by atoms with Crippen molar-refractivity contribution >= 4 is 5.69 Å². The average molecular weight is 445 g/mol. The number of aromatic nitrogens is 1. The molecule has 0 unspecified atom stereocenters. The van der Waals surface area contributed by atoms with E-state index in [1.54, 1.807) is 37.2 Å². The predicted octanol–water partition coefficient (Wildman–Crippen LogP) is 4.94. The summed E-state index contributed by atoms with van der Waals surface area (Å²) in [6.07, 6.45) is 1.32. The van der Waals surface area contributed by atoms with Gasteiger partial charge in [-0.15, -0.1) is 0 Å². The highest BCUT2D eigenvalue weighted by Crippen LogP contribution is 2.36. The van der Waals surface area contributed by atoms with E-state index in [1.165, 1.54) is 30.5 Å². The second kappa shape index (κ2) is 10.2. The van der Waals surface area contributed by atoms with Crippen molar-refractivity contribution < 1.29 is 22.8 Å². The smallest absolute Gasteiger partial charge is 0.281 e. The molecule has 0 radical (unpaired) electrons. The van der Waals surface area contributed by atoms with Gasteiger partial charge < -0.3 is 9.64 Å². The van der Waals surface area contributed by atoms with Gasteiger partial charge >= 0.3 is 0 Å². The molecule has 9 heteroatoms. The predicted molar refractivity (Wildman–Crippen MR) is 114 cm³/mol. The number of hydrogen-bond acceptors (Lipinski definition) is 5. The van der Waals surface area contributed by atoms with Crippen molar-refractivity contribution in [1.29, 1.82) is 0 Å². The number of rotatable bonds is 9. The van der Waals surface area contributed by atoms with Gasteiger partial charge in [-0.05, 0) is 50.0 Å². The van der Waals surface area contributed by atoms with Gasteiger partial charge in [0, 0.05) is 41.9 Å². The molecule has 3 rings (SSSR count). The topological polar surface area (TPSA) is 68.5 Å². The summed E-state index contributed by atoms with van der Waals surface area (Å²) in [5.74, 6) is -1.18. The van der Waals surface area contributed by atoms with Crippen molar-refractivity contribution in [3.05, 3.63) is 87.1 Å². The summed E-state index contributed by atoms with van der Waals surface area (Å²) in [5, 5.41) is 12.0. The fourth-order valence-corrected chi connectivity index (χ4v) is 3.43. The molecule has 0 spiro atoms. The number of ether oxygens (including phenoxy) is 1. The molecule has 0 aliphatic carbocycles. The summed E-state index contributed by atoms with van der Waals surface area (Å²) in [7, 11) is 3.54. The number of hydrogen-bond donors (Lipinski definition) is 0. The normalized spacial score (nSPS) is 11.1. The third-order valence-electron chi connectivity index (χ3n) is 4.73. The molecule has 0 saturated carbocycles. The van der Waals surface area contributed by atoms with Crippen LogP contribution in [0.3, 0.4) is 0 Å². The Morgan fingerprint density at radius 2 is 1.84 bits per heavy atom. The quantitative estimate of drug-likeness (QED) is 0.345. The molecule has 32 heavy (non-hydrogen) atoms. The largest absolute Gasteiger partial charge is 0.475 e. The number of benzene rings is 2. The Hall–Kier alpha value is -3.46. The van der Waals surface area contributed by atoms with Gasteiger partial charge in [-0.1, -0.05) is 6.07 Å². The van der Waals surface area contributed by atoms with E-state index in [4.69, 9.17) is 4.74 Å². The Balaban J connectivity index is 2.13. The second-order valence-electron chi connectivity index (χ2n) is 7.45. The number of nitrogens with zero attached hydrogens (tertiary/aromatic N) is 3. The van der Waals surface area contributed by atoms with Crippen LogP contribution in [0.25, 0.3) is 11.1 Å². The maximum atomic E-state index is 14.2. The Morgan fingerprint density at radius 3 is 2.41 bits per heavy atom. The third-order valence-corrected chi connectivity index (χ3v) is 4.73. The van der Waals surface area contributed by atoms with E-state index in [9.17, 15) is 23.3 Å². The van der Waals surface area contributed by atoms with Crippen LogP contribution in [0.5, 0.6) is 5.88 Å². The van der Waals surface area contributed by atoms with Gasteiger partial charge in [-0.25, -0.2) is 18.2 Å². The Kier molecular flexibility index (Phi) is 7.42. The van der Waals surface area contributed by atoms with Gasteiger partial charge in [0.05, 0.1) is 10.5 Å². The number of halogens is 3. The van der Waals surface area contributed by atoms with Gasteiger partial charge in [0.2, 0.25) is 5.88 Å². The molecule has 0 aliphatic heterocycles. The van der Waals surface area contributed by atoms with Crippen molar-refractivity contribution in [1.82, 2.24) is 9.88 Å². The highest BCUT2D eigenvalue weighted by molar-refractivity contribution is 5.76. The zero-order valence-electron chi connectivity index (χ0n) is 17.6. The summed E-state index contributed by atoms with van der Waals surface area (Å²) in [4.78, 5) is 17.3. The van der Waals surface area contributed by atoms with E-state index in [1.807, 2.05) is 0 Å². The molecule has 0 N–H and O–H groups in total. The Morgan fingerprint density at radius 1 is 1.12 bits per heavy atom. The van der Waals surface area contributed by atoms with E-state index in [2.05, 4.69) is 4.98 Å². The number of nitro benzene ring substituents is 1. The van der Waals surface area contributed by atoms with Crippen LogP contribution >= 0.6 is 0 Å². The monoisotopic (exact) mass is 445 g/mol. The van der Waals surface area contributed by atoms with Gasteiger partial charge in [0.1, 0.15) is 24.9 Å². The SMILES string of the molecule is CN(C)Cc1cc(Cc2c(F)cccc2F)cc(-c2ccc(OCCF)nc2)c1[N+](=O)[O-]. The van der Waals surface area contributed by atoms with Gasteiger partial charge in [-0.2, -0.15) is 0 Å². The van der Waals surface area contributed by atoms with Crippen molar-refractivity contribution in [2.45, 2.75) is 13.0 Å². The Bertz CT molecular complexity index is 1090. The Labute approximate surface area is 183 Å². The molecular weight excluding hydrogens is 423 g/mol. The fourth-order valence-electron chi connectivity index (χ4n) is 3.43. The van der Waals surface area contributed by atoms with Crippen LogP contribution in [0.4, 0.5) is 18.9 Å². The first-order valence-corrected chi connectivity index (χ1v) is 9.83. The maximum Gasteiger partial charge on any atom is 0.281 e. The van der Waals surface area contributed by atoms with Gasteiger partial charge in [0.15, 0.2) is 0 Å². The van der Waals surface area contributed by atoms with Gasteiger partial charge in [0.25, 0.3) is 5.69 Å². The molecular formula is C23H22F3N3O3. The highest BCUT2D eigenvalue weighted by Gasteiger charge is 2.24. The molecule has 0 saturated heterocycles.